The minimum absolute atomic E-state index is 0.0446. The van der Waals surface area contributed by atoms with Crippen molar-refractivity contribution >= 4 is 29.2 Å². The molecule has 1 aliphatic carbocycles. The van der Waals surface area contributed by atoms with E-state index in [0.717, 1.165) is 25.7 Å². The van der Waals surface area contributed by atoms with Crippen LogP contribution in [0.2, 0.25) is 10.6 Å². The van der Waals surface area contributed by atoms with Crippen molar-refractivity contribution in [1.29, 1.82) is 0 Å². The van der Waals surface area contributed by atoms with Crippen LogP contribution in [0.1, 0.15) is 32.1 Å². The van der Waals surface area contributed by atoms with Gasteiger partial charge in [-0.3, -0.25) is 0 Å². The summed E-state index contributed by atoms with van der Waals surface area (Å²) in [5.74, 6) is 0.300. The number of aromatic nitrogens is 3. The van der Waals surface area contributed by atoms with Crippen molar-refractivity contribution in [3.05, 3.63) is 10.6 Å². The van der Waals surface area contributed by atoms with Crippen LogP contribution in [0, 0.1) is 0 Å². The van der Waals surface area contributed by atoms with Crippen LogP contribution in [0.5, 0.6) is 0 Å². The van der Waals surface area contributed by atoms with Gasteiger partial charge in [0.05, 0.1) is 5.60 Å². The van der Waals surface area contributed by atoms with Gasteiger partial charge in [0.25, 0.3) is 0 Å². The van der Waals surface area contributed by atoms with Gasteiger partial charge in [0, 0.05) is 6.54 Å². The quantitative estimate of drug-likeness (QED) is 0.887. The Kier molecular flexibility index (Phi) is 4.01. The molecule has 2 rings (SSSR count). The Morgan fingerprint density at radius 1 is 1.06 bits per heavy atom. The summed E-state index contributed by atoms with van der Waals surface area (Å²) >= 11 is 11.3. The normalized spacial score (nSPS) is 19.0. The molecule has 1 saturated carbocycles. The van der Waals surface area contributed by atoms with E-state index in [-0.39, 0.29) is 10.6 Å². The van der Waals surface area contributed by atoms with E-state index in [2.05, 4.69) is 20.3 Å². The first-order valence-corrected chi connectivity index (χ1v) is 6.36. The highest BCUT2D eigenvalue weighted by Gasteiger charge is 2.29. The van der Waals surface area contributed by atoms with Gasteiger partial charge in [-0.05, 0) is 36.0 Å². The van der Waals surface area contributed by atoms with Crippen LogP contribution in [0.25, 0.3) is 0 Å². The molecule has 1 aromatic rings. The summed E-state index contributed by atoms with van der Waals surface area (Å²) < 4.78 is 0. The zero-order chi connectivity index (χ0) is 12.3. The topological polar surface area (TPSA) is 70.9 Å². The van der Waals surface area contributed by atoms with Crippen LogP contribution in [-0.4, -0.2) is 32.2 Å². The predicted molar refractivity (Wildman–Crippen MR) is 66.4 cm³/mol. The maximum atomic E-state index is 10.3. The molecule has 0 radical (unpaired) electrons. The lowest BCUT2D eigenvalue weighted by Gasteiger charge is -2.32. The molecule has 1 heterocycles. The minimum atomic E-state index is -0.677. The summed E-state index contributed by atoms with van der Waals surface area (Å²) in [6.45, 7) is 0.406. The van der Waals surface area contributed by atoms with Gasteiger partial charge in [0.2, 0.25) is 16.5 Å². The number of hydrogen-bond acceptors (Lipinski definition) is 5. The molecule has 0 bridgehead atoms. The monoisotopic (exact) mass is 276 g/mol. The maximum Gasteiger partial charge on any atom is 0.228 e. The molecule has 2 N–H and O–H groups in total. The van der Waals surface area contributed by atoms with Gasteiger partial charge in [-0.1, -0.05) is 19.3 Å². The summed E-state index contributed by atoms with van der Waals surface area (Å²) in [7, 11) is 0. The standard InChI is InChI=1S/C10H14Cl2N4O/c11-7-14-8(12)16-9(15-7)13-6-10(17)4-2-1-3-5-10/h17H,1-6H2,(H,13,14,15,16). The van der Waals surface area contributed by atoms with Crippen LogP contribution in [0.15, 0.2) is 0 Å². The molecule has 1 aliphatic rings. The molecular weight excluding hydrogens is 263 g/mol. The van der Waals surface area contributed by atoms with Gasteiger partial charge in [-0.15, -0.1) is 0 Å². The van der Waals surface area contributed by atoms with Gasteiger partial charge >= 0.3 is 0 Å². The number of hydrogen-bond donors (Lipinski definition) is 2. The van der Waals surface area contributed by atoms with Gasteiger partial charge in [0.1, 0.15) is 0 Å². The fourth-order valence-corrected chi connectivity index (χ4v) is 2.40. The zero-order valence-electron chi connectivity index (χ0n) is 9.29. The van der Waals surface area contributed by atoms with Crippen molar-refractivity contribution in [2.45, 2.75) is 37.7 Å². The number of halogens is 2. The highest BCUT2D eigenvalue weighted by molar-refractivity contribution is 6.31. The molecule has 0 amide bonds. The number of rotatable bonds is 3. The lowest BCUT2D eigenvalue weighted by atomic mass is 9.85. The van der Waals surface area contributed by atoms with E-state index in [4.69, 9.17) is 23.2 Å². The predicted octanol–water partition coefficient (Wildman–Crippen LogP) is 2.29. The van der Waals surface area contributed by atoms with Crippen molar-refractivity contribution in [3.63, 3.8) is 0 Å². The van der Waals surface area contributed by atoms with Gasteiger partial charge in [0.15, 0.2) is 0 Å². The molecule has 17 heavy (non-hydrogen) atoms. The second-order valence-corrected chi connectivity index (χ2v) is 5.01. The number of anilines is 1. The Morgan fingerprint density at radius 2 is 1.65 bits per heavy atom. The summed E-state index contributed by atoms with van der Waals surface area (Å²) in [4.78, 5) is 11.4. The third kappa shape index (κ3) is 3.66. The van der Waals surface area contributed by atoms with Crippen molar-refractivity contribution in [2.75, 3.05) is 11.9 Å². The van der Waals surface area contributed by atoms with Crippen molar-refractivity contribution < 1.29 is 5.11 Å². The molecule has 0 unspecified atom stereocenters. The highest BCUT2D eigenvalue weighted by Crippen LogP contribution is 2.28. The van der Waals surface area contributed by atoms with Crippen LogP contribution >= 0.6 is 23.2 Å². The molecule has 0 atom stereocenters. The SMILES string of the molecule is OC1(CNc2nc(Cl)nc(Cl)n2)CCCCC1. The molecule has 0 spiro atoms. The second kappa shape index (κ2) is 5.33. The fourth-order valence-electron chi connectivity index (χ4n) is 2.04. The van der Waals surface area contributed by atoms with E-state index in [1.54, 1.807) is 0 Å². The largest absolute Gasteiger partial charge is 0.388 e. The van der Waals surface area contributed by atoms with E-state index < -0.39 is 5.60 Å². The molecule has 5 nitrogen and oxygen atoms in total. The van der Waals surface area contributed by atoms with Crippen molar-refractivity contribution in [2.24, 2.45) is 0 Å². The third-order valence-corrected chi connectivity index (χ3v) is 3.28. The first-order valence-electron chi connectivity index (χ1n) is 5.61. The molecule has 0 saturated heterocycles. The summed E-state index contributed by atoms with van der Waals surface area (Å²) in [6, 6.07) is 0. The highest BCUT2D eigenvalue weighted by atomic mass is 35.5. The first-order chi connectivity index (χ1) is 8.07. The van der Waals surface area contributed by atoms with Crippen molar-refractivity contribution in [3.8, 4) is 0 Å². The molecule has 1 fully saturated rings. The lowest BCUT2D eigenvalue weighted by molar-refractivity contribution is 0.0166. The van der Waals surface area contributed by atoms with E-state index in [9.17, 15) is 5.11 Å². The summed E-state index contributed by atoms with van der Waals surface area (Å²) in [6.07, 6.45) is 4.89. The van der Waals surface area contributed by atoms with Crippen LogP contribution in [0.3, 0.4) is 0 Å². The van der Waals surface area contributed by atoms with Gasteiger partial charge < -0.3 is 10.4 Å². The zero-order valence-corrected chi connectivity index (χ0v) is 10.8. The Balaban J connectivity index is 1.96. The maximum absolute atomic E-state index is 10.3. The number of aliphatic hydroxyl groups is 1. The number of nitrogens with zero attached hydrogens (tertiary/aromatic N) is 3. The fraction of sp³-hybridized carbons (Fsp3) is 0.700. The Bertz CT molecular complexity index is 376. The van der Waals surface area contributed by atoms with Crippen LogP contribution in [0.4, 0.5) is 5.95 Å². The molecule has 7 heteroatoms. The minimum Gasteiger partial charge on any atom is -0.388 e. The van der Waals surface area contributed by atoms with Gasteiger partial charge in [-0.2, -0.15) is 15.0 Å². The van der Waals surface area contributed by atoms with E-state index in [1.807, 2.05) is 0 Å². The molecule has 1 aromatic heterocycles. The first kappa shape index (κ1) is 12.8. The van der Waals surface area contributed by atoms with Gasteiger partial charge in [-0.25, -0.2) is 0 Å². The molecular formula is C10H14Cl2N4O. The number of nitrogens with one attached hydrogen (secondary N) is 1. The average Bonchev–Trinajstić information content (AvgIpc) is 2.26. The Labute approximate surface area is 110 Å². The van der Waals surface area contributed by atoms with Crippen molar-refractivity contribution in [1.82, 2.24) is 15.0 Å². The Hall–Kier alpha value is -0.650. The van der Waals surface area contributed by atoms with Crippen LogP contribution < -0.4 is 5.32 Å². The summed E-state index contributed by atoms with van der Waals surface area (Å²) in [5.41, 5.74) is -0.677. The average molecular weight is 277 g/mol. The molecule has 0 aromatic carbocycles. The smallest absolute Gasteiger partial charge is 0.228 e. The summed E-state index contributed by atoms with van der Waals surface area (Å²) in [5, 5.41) is 13.3. The molecule has 94 valence electrons. The van der Waals surface area contributed by atoms with E-state index in [1.165, 1.54) is 6.42 Å². The third-order valence-electron chi connectivity index (χ3n) is 2.94. The Morgan fingerprint density at radius 3 is 2.24 bits per heavy atom. The van der Waals surface area contributed by atoms with E-state index >= 15 is 0 Å². The molecule has 0 aliphatic heterocycles. The van der Waals surface area contributed by atoms with Crippen LogP contribution in [-0.2, 0) is 0 Å². The van der Waals surface area contributed by atoms with E-state index in [0.29, 0.717) is 12.5 Å². The lowest BCUT2D eigenvalue weighted by Crippen LogP contribution is -2.39. The second-order valence-electron chi connectivity index (χ2n) is 4.34.